The molecule has 0 saturated heterocycles. The molecule has 0 unspecified atom stereocenters. The third kappa shape index (κ3) is 2.55. The normalized spacial score (nSPS) is 9.00. The Kier molecular flexibility index (Phi) is 3.44. The average molecular weight is 194 g/mol. The van der Waals surface area contributed by atoms with E-state index in [4.69, 9.17) is 11.6 Å². The predicted octanol–water partition coefficient (Wildman–Crippen LogP) is 2.69. The Bertz CT molecular complexity index is 367. The molecule has 0 N–H and O–H groups in total. The Labute approximate surface area is 81.6 Å². The minimum Gasteiger partial charge on any atom is -0.211 e. The average Bonchev–Trinajstić information content (AvgIpc) is 2.15. The number of benzene rings is 1. The van der Waals surface area contributed by atoms with Gasteiger partial charge in [0.25, 0.3) is 0 Å². The van der Waals surface area contributed by atoms with E-state index in [2.05, 4.69) is 11.6 Å². The second kappa shape index (κ2) is 4.61. The Morgan fingerprint density at radius 1 is 1.54 bits per heavy atom. The summed E-state index contributed by atoms with van der Waals surface area (Å²) in [5.41, 5.74) is 1.54. The van der Waals surface area contributed by atoms with Gasteiger partial charge in [0.1, 0.15) is 0 Å². The topological polar surface area (TPSA) is 29.4 Å². The van der Waals surface area contributed by atoms with Gasteiger partial charge in [0.2, 0.25) is 6.08 Å². The van der Waals surface area contributed by atoms with Crippen molar-refractivity contribution in [3.05, 3.63) is 41.4 Å². The van der Waals surface area contributed by atoms with E-state index >= 15 is 0 Å². The maximum Gasteiger partial charge on any atom is 0.235 e. The fourth-order valence-electron chi connectivity index (χ4n) is 0.961. The van der Waals surface area contributed by atoms with E-state index in [0.717, 1.165) is 5.56 Å². The monoisotopic (exact) mass is 193 g/mol. The first kappa shape index (κ1) is 9.72. The van der Waals surface area contributed by atoms with Crippen molar-refractivity contribution in [2.45, 2.75) is 0 Å². The lowest BCUT2D eigenvalue weighted by atomic mass is 10.1. The van der Waals surface area contributed by atoms with Gasteiger partial charge in [0.05, 0.1) is 6.54 Å². The Morgan fingerprint density at radius 3 is 2.85 bits per heavy atom. The first-order chi connectivity index (χ1) is 6.25. The lowest BCUT2D eigenvalue weighted by Crippen LogP contribution is -1.87. The zero-order chi connectivity index (χ0) is 9.68. The number of aliphatic imine (C=N–C) groups is 1. The van der Waals surface area contributed by atoms with Crippen LogP contribution in [0, 0.1) is 0 Å². The molecule has 0 heterocycles. The molecule has 1 aromatic carbocycles. The third-order valence-corrected chi connectivity index (χ3v) is 1.92. The summed E-state index contributed by atoms with van der Waals surface area (Å²) in [6.07, 6.45) is 1.46. The van der Waals surface area contributed by atoms with Gasteiger partial charge in [-0.25, -0.2) is 9.79 Å². The minimum atomic E-state index is 0.243. The zero-order valence-corrected chi connectivity index (χ0v) is 7.71. The summed E-state index contributed by atoms with van der Waals surface area (Å²) in [5, 5.41) is 0.619. The van der Waals surface area contributed by atoms with E-state index in [1.807, 2.05) is 18.2 Å². The molecule has 2 nitrogen and oxygen atoms in total. The molecule has 0 spiro atoms. The molecular formula is C10H8ClNO. The molecule has 0 amide bonds. The number of nitrogens with zero attached hydrogens (tertiary/aromatic N) is 1. The molecule has 0 radical (unpaired) electrons. The van der Waals surface area contributed by atoms with Crippen LogP contribution in [0.15, 0.2) is 35.8 Å². The lowest BCUT2D eigenvalue weighted by molar-refractivity contribution is 0.564. The van der Waals surface area contributed by atoms with Crippen molar-refractivity contribution in [2.75, 3.05) is 6.54 Å². The van der Waals surface area contributed by atoms with E-state index in [9.17, 15) is 4.79 Å². The van der Waals surface area contributed by atoms with Crippen molar-refractivity contribution in [1.82, 2.24) is 0 Å². The summed E-state index contributed by atoms with van der Waals surface area (Å²) in [6, 6.07) is 7.30. The second-order valence-corrected chi connectivity index (χ2v) is 2.90. The van der Waals surface area contributed by atoms with Crippen molar-refractivity contribution in [3.8, 4) is 0 Å². The third-order valence-electron chi connectivity index (χ3n) is 1.59. The number of isocyanates is 1. The smallest absolute Gasteiger partial charge is 0.211 e. The molecule has 3 heteroatoms. The van der Waals surface area contributed by atoms with Gasteiger partial charge in [-0.05, 0) is 17.2 Å². The molecular weight excluding hydrogens is 186 g/mol. The summed E-state index contributed by atoms with van der Waals surface area (Å²) < 4.78 is 0. The highest BCUT2D eigenvalue weighted by atomic mass is 35.5. The van der Waals surface area contributed by atoms with Crippen LogP contribution in [-0.2, 0) is 4.79 Å². The van der Waals surface area contributed by atoms with Crippen LogP contribution in [0.25, 0.3) is 5.57 Å². The highest BCUT2D eigenvalue weighted by Crippen LogP contribution is 2.21. The minimum absolute atomic E-state index is 0.243. The molecule has 0 aliphatic carbocycles. The standard InChI is InChI=1S/C10H8ClNO/c1-8(6-12-7-13)9-4-2-3-5-10(9)11/h2-5H,1,6H2. The molecule has 1 aromatic rings. The van der Waals surface area contributed by atoms with Crippen LogP contribution in [0.2, 0.25) is 5.02 Å². The Hall–Kier alpha value is -1.37. The van der Waals surface area contributed by atoms with Crippen molar-refractivity contribution >= 4 is 23.3 Å². The van der Waals surface area contributed by atoms with Gasteiger partial charge >= 0.3 is 0 Å². The van der Waals surface area contributed by atoms with Crippen LogP contribution in [0.4, 0.5) is 0 Å². The Balaban J connectivity index is 2.88. The molecule has 0 saturated carbocycles. The summed E-state index contributed by atoms with van der Waals surface area (Å²) >= 11 is 5.90. The largest absolute Gasteiger partial charge is 0.235 e. The van der Waals surface area contributed by atoms with Gasteiger partial charge in [0.15, 0.2) is 0 Å². The van der Waals surface area contributed by atoms with E-state index < -0.39 is 0 Å². The van der Waals surface area contributed by atoms with Crippen molar-refractivity contribution in [3.63, 3.8) is 0 Å². The SMILES string of the molecule is C=C(CN=C=O)c1ccccc1Cl. The summed E-state index contributed by atoms with van der Waals surface area (Å²) in [6.45, 7) is 4.01. The predicted molar refractivity (Wildman–Crippen MR) is 53.5 cm³/mol. The maximum absolute atomic E-state index is 9.86. The van der Waals surface area contributed by atoms with Crippen molar-refractivity contribution in [2.24, 2.45) is 4.99 Å². The number of rotatable bonds is 3. The first-order valence-corrected chi connectivity index (χ1v) is 4.10. The number of halogens is 1. The van der Waals surface area contributed by atoms with Crippen LogP contribution < -0.4 is 0 Å². The molecule has 0 aliphatic rings. The maximum atomic E-state index is 9.86. The highest BCUT2D eigenvalue weighted by molar-refractivity contribution is 6.32. The molecule has 1 rings (SSSR count). The zero-order valence-electron chi connectivity index (χ0n) is 6.96. The van der Waals surface area contributed by atoms with Crippen molar-refractivity contribution in [1.29, 1.82) is 0 Å². The lowest BCUT2D eigenvalue weighted by Gasteiger charge is -2.03. The van der Waals surface area contributed by atoms with Gasteiger partial charge in [-0.3, -0.25) is 0 Å². The van der Waals surface area contributed by atoms with Gasteiger partial charge < -0.3 is 0 Å². The number of hydrogen-bond acceptors (Lipinski definition) is 2. The molecule has 0 fully saturated rings. The van der Waals surface area contributed by atoms with Gasteiger partial charge in [-0.15, -0.1) is 0 Å². The molecule has 0 aromatic heterocycles. The van der Waals surface area contributed by atoms with Crippen LogP contribution in [0.5, 0.6) is 0 Å². The van der Waals surface area contributed by atoms with E-state index in [1.54, 1.807) is 6.07 Å². The van der Waals surface area contributed by atoms with Crippen LogP contribution in [-0.4, -0.2) is 12.6 Å². The molecule has 66 valence electrons. The molecule has 13 heavy (non-hydrogen) atoms. The van der Waals surface area contributed by atoms with Crippen molar-refractivity contribution < 1.29 is 4.79 Å². The highest BCUT2D eigenvalue weighted by Gasteiger charge is 2.01. The number of carbonyl (C=O) groups excluding carboxylic acids is 1. The van der Waals surface area contributed by atoms with Crippen LogP contribution in [0.1, 0.15) is 5.56 Å². The quantitative estimate of drug-likeness (QED) is 0.536. The fourth-order valence-corrected chi connectivity index (χ4v) is 1.23. The van der Waals surface area contributed by atoms with Gasteiger partial charge in [0, 0.05) is 5.02 Å². The number of hydrogen-bond donors (Lipinski definition) is 0. The summed E-state index contributed by atoms with van der Waals surface area (Å²) in [7, 11) is 0. The summed E-state index contributed by atoms with van der Waals surface area (Å²) in [5.74, 6) is 0. The molecule has 0 aliphatic heterocycles. The molecule has 0 atom stereocenters. The van der Waals surface area contributed by atoms with Crippen LogP contribution >= 0.6 is 11.6 Å². The Morgan fingerprint density at radius 2 is 2.23 bits per heavy atom. The molecule has 0 bridgehead atoms. The summed E-state index contributed by atoms with van der Waals surface area (Å²) in [4.78, 5) is 13.3. The van der Waals surface area contributed by atoms with E-state index in [0.29, 0.717) is 10.6 Å². The van der Waals surface area contributed by atoms with E-state index in [1.165, 1.54) is 6.08 Å². The second-order valence-electron chi connectivity index (χ2n) is 2.49. The van der Waals surface area contributed by atoms with E-state index in [-0.39, 0.29) is 6.54 Å². The van der Waals surface area contributed by atoms with Crippen LogP contribution in [0.3, 0.4) is 0 Å². The van der Waals surface area contributed by atoms with Gasteiger partial charge in [-0.2, -0.15) is 0 Å². The fraction of sp³-hybridized carbons (Fsp3) is 0.100. The first-order valence-electron chi connectivity index (χ1n) is 3.72. The van der Waals surface area contributed by atoms with Gasteiger partial charge in [-0.1, -0.05) is 36.4 Å².